The molecule has 0 heterocycles. The lowest BCUT2D eigenvalue weighted by Crippen LogP contribution is -2.19. The highest BCUT2D eigenvalue weighted by Gasteiger charge is 2.08. The first-order chi connectivity index (χ1) is 9.06. The van der Waals surface area contributed by atoms with E-state index in [2.05, 4.69) is 84.5 Å². The van der Waals surface area contributed by atoms with Crippen molar-refractivity contribution in [3.05, 3.63) is 69.2 Å². The Morgan fingerprint density at radius 1 is 1.11 bits per heavy atom. The molecule has 0 aliphatic carbocycles. The first-order valence-electron chi connectivity index (χ1n) is 6.61. The van der Waals surface area contributed by atoms with E-state index in [0.29, 0.717) is 6.04 Å². The van der Waals surface area contributed by atoms with Crippen LogP contribution in [-0.2, 0) is 6.54 Å². The molecule has 0 aliphatic rings. The van der Waals surface area contributed by atoms with Crippen LogP contribution in [0.1, 0.15) is 35.2 Å². The maximum atomic E-state index is 3.59. The topological polar surface area (TPSA) is 12.0 Å². The van der Waals surface area contributed by atoms with Crippen molar-refractivity contribution in [1.29, 1.82) is 0 Å². The highest BCUT2D eigenvalue weighted by molar-refractivity contribution is 9.10. The SMILES string of the molecule is Cc1ccc(C)c(C(C)NCc2cccc(Br)c2)c1. The second-order valence-corrected chi connectivity index (χ2v) is 6.01. The Morgan fingerprint density at radius 2 is 1.89 bits per heavy atom. The van der Waals surface area contributed by atoms with E-state index >= 15 is 0 Å². The molecule has 0 aliphatic heterocycles. The van der Waals surface area contributed by atoms with E-state index in [-0.39, 0.29) is 0 Å². The van der Waals surface area contributed by atoms with Crippen molar-refractivity contribution < 1.29 is 0 Å². The monoisotopic (exact) mass is 317 g/mol. The van der Waals surface area contributed by atoms with E-state index in [1.165, 1.54) is 22.3 Å². The minimum Gasteiger partial charge on any atom is -0.306 e. The molecule has 2 aromatic carbocycles. The van der Waals surface area contributed by atoms with Crippen LogP contribution in [0.2, 0.25) is 0 Å². The lowest BCUT2D eigenvalue weighted by Gasteiger charge is -2.17. The molecule has 1 N–H and O–H groups in total. The molecule has 0 aromatic heterocycles. The largest absolute Gasteiger partial charge is 0.306 e. The van der Waals surface area contributed by atoms with Crippen LogP contribution in [0.5, 0.6) is 0 Å². The minimum absolute atomic E-state index is 0.360. The minimum atomic E-state index is 0.360. The van der Waals surface area contributed by atoms with Crippen LogP contribution < -0.4 is 5.32 Å². The molecule has 0 radical (unpaired) electrons. The quantitative estimate of drug-likeness (QED) is 0.844. The number of nitrogens with one attached hydrogen (secondary N) is 1. The van der Waals surface area contributed by atoms with Crippen molar-refractivity contribution in [2.75, 3.05) is 0 Å². The average molecular weight is 318 g/mol. The van der Waals surface area contributed by atoms with E-state index in [4.69, 9.17) is 0 Å². The van der Waals surface area contributed by atoms with Crippen molar-refractivity contribution in [1.82, 2.24) is 5.32 Å². The summed E-state index contributed by atoms with van der Waals surface area (Å²) in [5, 5.41) is 3.59. The van der Waals surface area contributed by atoms with Gasteiger partial charge >= 0.3 is 0 Å². The van der Waals surface area contributed by atoms with E-state index < -0.39 is 0 Å². The van der Waals surface area contributed by atoms with Gasteiger partial charge in [-0.2, -0.15) is 0 Å². The third kappa shape index (κ3) is 3.92. The standard InChI is InChI=1S/C17H20BrN/c1-12-7-8-13(2)17(9-12)14(3)19-11-15-5-4-6-16(18)10-15/h4-10,14,19H,11H2,1-3H3. The predicted octanol–water partition coefficient (Wildman–Crippen LogP) is 4.92. The predicted molar refractivity (Wildman–Crippen MR) is 85.3 cm³/mol. The second kappa shape index (κ2) is 6.36. The van der Waals surface area contributed by atoms with Gasteiger partial charge in [-0.15, -0.1) is 0 Å². The summed E-state index contributed by atoms with van der Waals surface area (Å²) in [6, 6.07) is 15.4. The number of hydrogen-bond donors (Lipinski definition) is 1. The zero-order valence-electron chi connectivity index (χ0n) is 11.7. The fourth-order valence-electron chi connectivity index (χ4n) is 2.25. The maximum absolute atomic E-state index is 3.59. The first-order valence-corrected chi connectivity index (χ1v) is 7.40. The Labute approximate surface area is 124 Å². The van der Waals surface area contributed by atoms with E-state index in [1.54, 1.807) is 0 Å². The van der Waals surface area contributed by atoms with Crippen molar-refractivity contribution in [2.24, 2.45) is 0 Å². The Hall–Kier alpha value is -1.12. The number of halogens is 1. The van der Waals surface area contributed by atoms with E-state index in [0.717, 1.165) is 11.0 Å². The molecule has 0 amide bonds. The van der Waals surface area contributed by atoms with Gasteiger partial charge < -0.3 is 5.32 Å². The number of aryl methyl sites for hydroxylation is 2. The second-order valence-electron chi connectivity index (χ2n) is 5.09. The molecule has 0 bridgehead atoms. The molecule has 19 heavy (non-hydrogen) atoms. The fraction of sp³-hybridized carbons (Fsp3) is 0.294. The third-order valence-corrected chi connectivity index (χ3v) is 3.90. The number of rotatable bonds is 4. The molecule has 0 saturated carbocycles. The molecular formula is C17H20BrN. The molecule has 1 nitrogen and oxygen atoms in total. The summed E-state index contributed by atoms with van der Waals surface area (Å²) in [6.07, 6.45) is 0. The summed E-state index contributed by atoms with van der Waals surface area (Å²) < 4.78 is 1.13. The maximum Gasteiger partial charge on any atom is 0.0297 e. The fourth-order valence-corrected chi connectivity index (χ4v) is 2.70. The zero-order chi connectivity index (χ0) is 13.8. The summed E-state index contributed by atoms with van der Waals surface area (Å²) in [7, 11) is 0. The summed E-state index contributed by atoms with van der Waals surface area (Å²) in [5.41, 5.74) is 5.35. The molecule has 0 saturated heterocycles. The Balaban J connectivity index is 2.05. The van der Waals surface area contributed by atoms with E-state index in [1.807, 2.05) is 0 Å². The highest BCUT2D eigenvalue weighted by Crippen LogP contribution is 2.19. The van der Waals surface area contributed by atoms with Gasteiger partial charge in [0.2, 0.25) is 0 Å². The highest BCUT2D eigenvalue weighted by atomic mass is 79.9. The van der Waals surface area contributed by atoms with Gasteiger partial charge in [-0.3, -0.25) is 0 Å². The summed E-state index contributed by atoms with van der Waals surface area (Å²) in [4.78, 5) is 0. The first kappa shape index (κ1) is 14.3. The van der Waals surface area contributed by atoms with Crippen LogP contribution in [0.25, 0.3) is 0 Å². The van der Waals surface area contributed by atoms with Gasteiger partial charge in [-0.25, -0.2) is 0 Å². The molecule has 2 rings (SSSR count). The van der Waals surface area contributed by atoms with Gasteiger partial charge in [0.05, 0.1) is 0 Å². The number of benzene rings is 2. The Morgan fingerprint density at radius 3 is 2.63 bits per heavy atom. The molecular weight excluding hydrogens is 298 g/mol. The lowest BCUT2D eigenvalue weighted by atomic mass is 10.00. The van der Waals surface area contributed by atoms with Crippen LogP contribution >= 0.6 is 15.9 Å². The Kier molecular flexibility index (Phi) is 4.78. The average Bonchev–Trinajstić information content (AvgIpc) is 2.39. The third-order valence-electron chi connectivity index (χ3n) is 3.40. The van der Waals surface area contributed by atoms with Crippen molar-refractivity contribution in [3.63, 3.8) is 0 Å². The zero-order valence-corrected chi connectivity index (χ0v) is 13.3. The molecule has 1 atom stereocenters. The summed E-state index contributed by atoms with van der Waals surface area (Å²) in [6.45, 7) is 7.42. The normalized spacial score (nSPS) is 12.4. The lowest BCUT2D eigenvalue weighted by molar-refractivity contribution is 0.572. The van der Waals surface area contributed by atoms with Crippen LogP contribution in [0, 0.1) is 13.8 Å². The number of hydrogen-bond acceptors (Lipinski definition) is 1. The molecule has 2 heteroatoms. The molecule has 100 valence electrons. The van der Waals surface area contributed by atoms with Gasteiger partial charge in [0, 0.05) is 17.1 Å². The van der Waals surface area contributed by atoms with Crippen LogP contribution in [0.4, 0.5) is 0 Å². The van der Waals surface area contributed by atoms with Gasteiger partial charge in [0.25, 0.3) is 0 Å². The molecule has 1 unspecified atom stereocenters. The van der Waals surface area contributed by atoms with Crippen LogP contribution in [-0.4, -0.2) is 0 Å². The van der Waals surface area contributed by atoms with Gasteiger partial charge in [-0.1, -0.05) is 51.8 Å². The summed E-state index contributed by atoms with van der Waals surface area (Å²) >= 11 is 3.51. The Bertz CT molecular complexity index is 563. The molecule has 0 fully saturated rings. The summed E-state index contributed by atoms with van der Waals surface area (Å²) in [5.74, 6) is 0. The van der Waals surface area contributed by atoms with Gasteiger partial charge in [0.1, 0.15) is 0 Å². The van der Waals surface area contributed by atoms with Crippen molar-refractivity contribution >= 4 is 15.9 Å². The van der Waals surface area contributed by atoms with Crippen molar-refractivity contribution in [3.8, 4) is 0 Å². The smallest absolute Gasteiger partial charge is 0.0297 e. The molecule has 0 spiro atoms. The van der Waals surface area contributed by atoms with Crippen LogP contribution in [0.15, 0.2) is 46.9 Å². The van der Waals surface area contributed by atoms with Gasteiger partial charge in [-0.05, 0) is 49.6 Å². The van der Waals surface area contributed by atoms with Crippen molar-refractivity contribution in [2.45, 2.75) is 33.4 Å². The van der Waals surface area contributed by atoms with Crippen LogP contribution in [0.3, 0.4) is 0 Å². The molecule has 2 aromatic rings. The van der Waals surface area contributed by atoms with E-state index in [9.17, 15) is 0 Å². The van der Waals surface area contributed by atoms with Gasteiger partial charge in [0.15, 0.2) is 0 Å².